The summed E-state index contributed by atoms with van der Waals surface area (Å²) in [6.45, 7) is 0. The number of benzene rings is 5. The molecule has 2 aromatic heterocycles. The molecule has 0 saturated carbocycles. The Morgan fingerprint density at radius 1 is 0.500 bits per heavy atom. The first kappa shape index (κ1) is 22.8. The molecule has 0 atom stereocenters. The number of rotatable bonds is 4. The second-order valence-electron chi connectivity index (χ2n) is 9.03. The predicted octanol–water partition coefficient (Wildman–Crippen LogP) is 9.56. The standard InChI is InChI=1S/C33H20ClN3S/c34-33-36-31(22-12-5-2-6-13-22)35-32(37-33)27-18-8-17-26-29-25(16-9-19-28(29)38-30(26)27)24-15-7-14-23(20-24)21-10-3-1-4-11-21/h1-20H. The van der Waals surface area contributed by atoms with E-state index >= 15 is 0 Å². The van der Waals surface area contributed by atoms with Crippen LogP contribution in [-0.2, 0) is 0 Å². The highest BCUT2D eigenvalue weighted by molar-refractivity contribution is 7.26. The molecule has 7 rings (SSSR count). The maximum Gasteiger partial charge on any atom is 0.226 e. The van der Waals surface area contributed by atoms with Gasteiger partial charge < -0.3 is 0 Å². The molecule has 0 amide bonds. The van der Waals surface area contributed by atoms with E-state index in [0.717, 1.165) is 15.8 Å². The van der Waals surface area contributed by atoms with Crippen LogP contribution in [0.4, 0.5) is 0 Å². The summed E-state index contributed by atoms with van der Waals surface area (Å²) >= 11 is 8.15. The average Bonchev–Trinajstić information content (AvgIpc) is 3.37. The van der Waals surface area contributed by atoms with Crippen molar-refractivity contribution in [1.29, 1.82) is 0 Å². The zero-order valence-corrected chi connectivity index (χ0v) is 21.7. The van der Waals surface area contributed by atoms with E-state index in [2.05, 4.69) is 94.9 Å². The van der Waals surface area contributed by atoms with Crippen LogP contribution < -0.4 is 0 Å². The van der Waals surface area contributed by atoms with Crippen molar-refractivity contribution >= 4 is 43.1 Å². The Morgan fingerprint density at radius 2 is 1.13 bits per heavy atom. The normalized spacial score (nSPS) is 11.3. The summed E-state index contributed by atoms with van der Waals surface area (Å²) in [5, 5.41) is 2.61. The van der Waals surface area contributed by atoms with Crippen molar-refractivity contribution in [1.82, 2.24) is 15.0 Å². The van der Waals surface area contributed by atoms with Gasteiger partial charge in [0.25, 0.3) is 0 Å². The highest BCUT2D eigenvalue weighted by atomic mass is 35.5. The molecule has 7 aromatic rings. The Kier molecular flexibility index (Phi) is 5.69. The second-order valence-corrected chi connectivity index (χ2v) is 10.4. The van der Waals surface area contributed by atoms with Crippen molar-refractivity contribution in [3.63, 3.8) is 0 Å². The minimum Gasteiger partial charge on any atom is -0.208 e. The molecule has 0 unspecified atom stereocenters. The number of hydrogen-bond acceptors (Lipinski definition) is 4. The van der Waals surface area contributed by atoms with Gasteiger partial charge in [-0.3, -0.25) is 0 Å². The van der Waals surface area contributed by atoms with Crippen molar-refractivity contribution in [2.45, 2.75) is 0 Å². The molecule has 180 valence electrons. The Morgan fingerprint density at radius 3 is 1.95 bits per heavy atom. The van der Waals surface area contributed by atoms with Gasteiger partial charge in [-0.2, -0.15) is 9.97 Å². The Bertz CT molecular complexity index is 1930. The lowest BCUT2D eigenvalue weighted by atomic mass is 9.95. The van der Waals surface area contributed by atoms with Gasteiger partial charge in [0.1, 0.15) is 0 Å². The molecule has 0 spiro atoms. The molecule has 0 radical (unpaired) electrons. The van der Waals surface area contributed by atoms with E-state index in [-0.39, 0.29) is 5.28 Å². The Hall–Kier alpha value is -4.38. The molecule has 0 saturated heterocycles. The summed E-state index contributed by atoms with van der Waals surface area (Å²) < 4.78 is 2.36. The lowest BCUT2D eigenvalue weighted by molar-refractivity contribution is 1.07. The highest BCUT2D eigenvalue weighted by Gasteiger charge is 2.17. The van der Waals surface area contributed by atoms with Gasteiger partial charge in [0, 0.05) is 31.3 Å². The van der Waals surface area contributed by atoms with E-state index in [1.807, 2.05) is 36.4 Å². The van der Waals surface area contributed by atoms with E-state index in [9.17, 15) is 0 Å². The first-order valence-electron chi connectivity index (χ1n) is 12.3. The van der Waals surface area contributed by atoms with E-state index < -0.39 is 0 Å². The number of nitrogens with zero attached hydrogens (tertiary/aromatic N) is 3. The lowest BCUT2D eigenvalue weighted by Crippen LogP contribution is -1.97. The molecule has 0 N–H and O–H groups in total. The van der Waals surface area contributed by atoms with Crippen molar-refractivity contribution in [2.75, 3.05) is 0 Å². The molecular weight excluding hydrogens is 506 g/mol. The summed E-state index contributed by atoms with van der Waals surface area (Å²) in [7, 11) is 0. The SMILES string of the molecule is Clc1nc(-c2ccccc2)nc(-c2cccc3c2sc2cccc(-c4cccc(-c5ccccc5)c4)c23)n1. The maximum absolute atomic E-state index is 6.39. The third kappa shape index (κ3) is 4.04. The van der Waals surface area contributed by atoms with Gasteiger partial charge >= 0.3 is 0 Å². The van der Waals surface area contributed by atoms with Crippen LogP contribution >= 0.6 is 22.9 Å². The number of fused-ring (bicyclic) bond motifs is 3. The van der Waals surface area contributed by atoms with E-state index in [0.29, 0.717) is 11.6 Å². The van der Waals surface area contributed by atoms with Gasteiger partial charge in [0.2, 0.25) is 5.28 Å². The fourth-order valence-electron chi connectivity index (χ4n) is 4.95. The minimum absolute atomic E-state index is 0.186. The summed E-state index contributed by atoms with van der Waals surface area (Å²) in [4.78, 5) is 13.7. The summed E-state index contributed by atoms with van der Waals surface area (Å²) in [6, 6.07) is 42.0. The summed E-state index contributed by atoms with van der Waals surface area (Å²) in [6.07, 6.45) is 0. The maximum atomic E-state index is 6.39. The van der Waals surface area contributed by atoms with Crippen LogP contribution in [0.25, 0.3) is 65.2 Å². The first-order valence-corrected chi connectivity index (χ1v) is 13.5. The molecule has 5 heteroatoms. The second kappa shape index (κ2) is 9.49. The van der Waals surface area contributed by atoms with Crippen molar-refractivity contribution in [3.05, 3.63) is 127 Å². The van der Waals surface area contributed by atoms with Crippen LogP contribution in [0.2, 0.25) is 5.28 Å². The van der Waals surface area contributed by atoms with Gasteiger partial charge in [-0.05, 0) is 52.1 Å². The third-order valence-corrected chi connectivity index (χ3v) is 8.06. The van der Waals surface area contributed by atoms with Crippen LogP contribution in [0.1, 0.15) is 0 Å². The zero-order chi connectivity index (χ0) is 25.5. The minimum atomic E-state index is 0.186. The van der Waals surface area contributed by atoms with E-state index in [1.54, 1.807) is 11.3 Å². The lowest BCUT2D eigenvalue weighted by Gasteiger charge is -2.09. The number of thiophene rings is 1. The van der Waals surface area contributed by atoms with Gasteiger partial charge in [0.05, 0.1) is 0 Å². The van der Waals surface area contributed by atoms with Crippen LogP contribution in [0.5, 0.6) is 0 Å². The molecule has 0 aliphatic rings. The smallest absolute Gasteiger partial charge is 0.208 e. The molecule has 3 nitrogen and oxygen atoms in total. The largest absolute Gasteiger partial charge is 0.226 e. The van der Waals surface area contributed by atoms with E-state index in [1.165, 1.54) is 37.7 Å². The van der Waals surface area contributed by atoms with Gasteiger partial charge in [-0.25, -0.2) is 4.98 Å². The molecule has 0 aliphatic heterocycles. The monoisotopic (exact) mass is 525 g/mol. The Balaban J connectivity index is 1.42. The first-order chi connectivity index (χ1) is 18.7. The summed E-state index contributed by atoms with van der Waals surface area (Å²) in [5.74, 6) is 1.14. The fraction of sp³-hybridized carbons (Fsp3) is 0. The Labute approximate surface area is 229 Å². The quantitative estimate of drug-likeness (QED) is 0.229. The number of aromatic nitrogens is 3. The molecule has 2 heterocycles. The van der Waals surface area contributed by atoms with Crippen molar-refractivity contribution < 1.29 is 0 Å². The van der Waals surface area contributed by atoms with Crippen LogP contribution in [0, 0.1) is 0 Å². The third-order valence-electron chi connectivity index (χ3n) is 6.68. The van der Waals surface area contributed by atoms with Crippen LogP contribution in [0.3, 0.4) is 0 Å². The van der Waals surface area contributed by atoms with Gasteiger partial charge in [-0.15, -0.1) is 11.3 Å². The molecule has 0 bridgehead atoms. The number of halogens is 1. The van der Waals surface area contributed by atoms with Crippen molar-refractivity contribution in [3.8, 4) is 45.0 Å². The number of hydrogen-bond donors (Lipinski definition) is 0. The summed E-state index contributed by atoms with van der Waals surface area (Å²) in [5.41, 5.74) is 6.67. The van der Waals surface area contributed by atoms with Crippen molar-refractivity contribution in [2.24, 2.45) is 0 Å². The molecular formula is C33H20ClN3S. The highest BCUT2D eigenvalue weighted by Crippen LogP contribution is 2.43. The fourth-order valence-corrected chi connectivity index (χ4v) is 6.35. The topological polar surface area (TPSA) is 38.7 Å². The van der Waals surface area contributed by atoms with E-state index in [4.69, 9.17) is 16.6 Å². The molecule has 0 fully saturated rings. The van der Waals surface area contributed by atoms with Gasteiger partial charge in [-0.1, -0.05) is 103 Å². The molecule has 0 aliphatic carbocycles. The predicted molar refractivity (Wildman–Crippen MR) is 159 cm³/mol. The molecule has 5 aromatic carbocycles. The van der Waals surface area contributed by atoms with Crippen LogP contribution in [0.15, 0.2) is 121 Å². The van der Waals surface area contributed by atoms with Crippen LogP contribution in [-0.4, -0.2) is 15.0 Å². The average molecular weight is 526 g/mol. The van der Waals surface area contributed by atoms with Gasteiger partial charge in [0.15, 0.2) is 11.6 Å². The molecule has 38 heavy (non-hydrogen) atoms. The zero-order valence-electron chi connectivity index (χ0n) is 20.2.